The second-order valence-corrected chi connectivity index (χ2v) is 9.11. The molecule has 0 bridgehead atoms. The number of rotatable bonds is 7. The van der Waals surface area contributed by atoms with Crippen molar-refractivity contribution in [3.63, 3.8) is 0 Å². The molecule has 0 unspecified atom stereocenters. The standard InChI is InChI=1S/C25H29ClFN3O3/c1-16(2)15-28-24(32)22(29-23(31)20-5-3-4-6-21(20)26)17-11-13-30(14-12-17)25(33)18-7-9-19(27)10-8-18/h3-10,16-17,22H,11-15H2,1-2H3,(H,28,32)(H,29,31)/t22-/m1/s1. The van der Waals surface area contributed by atoms with E-state index in [1.54, 1.807) is 29.2 Å². The van der Waals surface area contributed by atoms with Crippen LogP contribution in [0.3, 0.4) is 0 Å². The van der Waals surface area contributed by atoms with Crippen molar-refractivity contribution in [1.29, 1.82) is 0 Å². The van der Waals surface area contributed by atoms with Gasteiger partial charge in [-0.25, -0.2) is 4.39 Å². The number of amides is 3. The van der Waals surface area contributed by atoms with Crippen LogP contribution < -0.4 is 10.6 Å². The molecule has 1 aliphatic heterocycles. The molecule has 0 radical (unpaired) electrons. The van der Waals surface area contributed by atoms with Crippen LogP contribution in [0.1, 0.15) is 47.4 Å². The molecular formula is C25H29ClFN3O3. The Hall–Kier alpha value is -2.93. The van der Waals surface area contributed by atoms with E-state index in [9.17, 15) is 18.8 Å². The summed E-state index contributed by atoms with van der Waals surface area (Å²) in [5.41, 5.74) is 0.734. The molecule has 1 saturated heterocycles. The van der Waals surface area contributed by atoms with Gasteiger partial charge in [-0.05, 0) is 61.1 Å². The zero-order valence-electron chi connectivity index (χ0n) is 18.8. The van der Waals surface area contributed by atoms with E-state index in [0.717, 1.165) is 0 Å². The van der Waals surface area contributed by atoms with Gasteiger partial charge in [0.1, 0.15) is 11.9 Å². The highest BCUT2D eigenvalue weighted by molar-refractivity contribution is 6.33. The van der Waals surface area contributed by atoms with E-state index in [1.807, 2.05) is 13.8 Å². The predicted octanol–water partition coefficient (Wildman–Crippen LogP) is 3.90. The highest BCUT2D eigenvalue weighted by atomic mass is 35.5. The molecule has 2 aromatic carbocycles. The summed E-state index contributed by atoms with van der Waals surface area (Å²) < 4.78 is 13.2. The molecule has 0 aliphatic carbocycles. The SMILES string of the molecule is CC(C)CNC(=O)[C@H](NC(=O)c1ccccc1Cl)C1CCN(C(=O)c2ccc(F)cc2)CC1. The summed E-state index contributed by atoms with van der Waals surface area (Å²) in [7, 11) is 0. The van der Waals surface area contributed by atoms with Gasteiger partial charge in [0, 0.05) is 25.2 Å². The molecule has 0 saturated carbocycles. The highest BCUT2D eigenvalue weighted by Crippen LogP contribution is 2.24. The monoisotopic (exact) mass is 473 g/mol. The molecule has 33 heavy (non-hydrogen) atoms. The normalized spacial score (nSPS) is 15.2. The van der Waals surface area contributed by atoms with E-state index in [1.165, 1.54) is 24.3 Å². The van der Waals surface area contributed by atoms with Crippen molar-refractivity contribution in [2.75, 3.05) is 19.6 Å². The van der Waals surface area contributed by atoms with E-state index in [0.29, 0.717) is 48.6 Å². The molecule has 1 heterocycles. The Kier molecular flexibility index (Phi) is 8.44. The van der Waals surface area contributed by atoms with Crippen molar-refractivity contribution in [2.24, 2.45) is 11.8 Å². The minimum absolute atomic E-state index is 0.138. The zero-order chi connectivity index (χ0) is 24.0. The fourth-order valence-electron chi connectivity index (χ4n) is 3.89. The first-order valence-corrected chi connectivity index (χ1v) is 11.5. The second-order valence-electron chi connectivity index (χ2n) is 8.71. The van der Waals surface area contributed by atoms with Crippen LogP contribution in [0.2, 0.25) is 5.02 Å². The smallest absolute Gasteiger partial charge is 0.253 e. The Bertz CT molecular complexity index is 989. The molecule has 8 heteroatoms. The molecule has 176 valence electrons. The molecule has 0 aromatic heterocycles. The van der Waals surface area contributed by atoms with Gasteiger partial charge in [0.2, 0.25) is 5.91 Å². The molecule has 2 N–H and O–H groups in total. The third-order valence-electron chi connectivity index (χ3n) is 5.76. The van der Waals surface area contributed by atoms with Gasteiger partial charge in [0.25, 0.3) is 11.8 Å². The number of hydrogen-bond acceptors (Lipinski definition) is 3. The molecule has 6 nitrogen and oxygen atoms in total. The number of halogens is 2. The van der Waals surface area contributed by atoms with Crippen LogP contribution in [0.25, 0.3) is 0 Å². The van der Waals surface area contributed by atoms with Crippen molar-refractivity contribution in [3.8, 4) is 0 Å². The lowest BCUT2D eigenvalue weighted by molar-refractivity contribution is -0.124. The van der Waals surface area contributed by atoms with E-state index >= 15 is 0 Å². The van der Waals surface area contributed by atoms with Gasteiger partial charge < -0.3 is 15.5 Å². The van der Waals surface area contributed by atoms with Gasteiger partial charge in [-0.15, -0.1) is 0 Å². The van der Waals surface area contributed by atoms with Gasteiger partial charge in [-0.3, -0.25) is 14.4 Å². The minimum atomic E-state index is -0.740. The average molecular weight is 474 g/mol. The first kappa shape index (κ1) is 24.7. The van der Waals surface area contributed by atoms with Crippen molar-refractivity contribution in [2.45, 2.75) is 32.7 Å². The highest BCUT2D eigenvalue weighted by Gasteiger charge is 2.34. The van der Waals surface area contributed by atoms with Crippen LogP contribution in [-0.4, -0.2) is 48.3 Å². The average Bonchev–Trinajstić information content (AvgIpc) is 2.81. The maximum absolute atomic E-state index is 13.2. The summed E-state index contributed by atoms with van der Waals surface area (Å²) in [6, 6.07) is 11.4. The molecular weight excluding hydrogens is 445 g/mol. The quantitative estimate of drug-likeness (QED) is 0.640. The number of carbonyl (C=O) groups excluding carboxylic acids is 3. The molecule has 2 aromatic rings. The number of hydrogen-bond donors (Lipinski definition) is 2. The lowest BCUT2D eigenvalue weighted by atomic mass is 9.88. The Balaban J connectivity index is 1.69. The zero-order valence-corrected chi connectivity index (χ0v) is 19.6. The lowest BCUT2D eigenvalue weighted by Gasteiger charge is -2.36. The van der Waals surface area contributed by atoms with Crippen molar-refractivity contribution < 1.29 is 18.8 Å². The van der Waals surface area contributed by atoms with Crippen LogP contribution in [0.4, 0.5) is 4.39 Å². The largest absolute Gasteiger partial charge is 0.354 e. The lowest BCUT2D eigenvalue weighted by Crippen LogP contribution is -2.54. The Morgan fingerprint density at radius 3 is 2.30 bits per heavy atom. The number of nitrogens with one attached hydrogen (secondary N) is 2. The van der Waals surface area contributed by atoms with E-state index < -0.39 is 17.8 Å². The van der Waals surface area contributed by atoms with Crippen molar-refractivity contribution in [1.82, 2.24) is 15.5 Å². The summed E-state index contributed by atoms with van der Waals surface area (Å²) in [5.74, 6) is -1.09. The molecule has 1 aliphatic rings. The van der Waals surface area contributed by atoms with Gasteiger partial charge in [0.05, 0.1) is 10.6 Å². The molecule has 3 amide bonds. The maximum atomic E-state index is 13.2. The third-order valence-corrected chi connectivity index (χ3v) is 6.09. The maximum Gasteiger partial charge on any atom is 0.253 e. The van der Waals surface area contributed by atoms with Crippen LogP contribution in [0.15, 0.2) is 48.5 Å². The number of benzene rings is 2. The summed E-state index contributed by atoms with van der Waals surface area (Å²) >= 11 is 6.16. The number of piperidine rings is 1. The summed E-state index contributed by atoms with van der Waals surface area (Å²) in [6.45, 7) is 5.38. The van der Waals surface area contributed by atoms with Gasteiger partial charge in [-0.2, -0.15) is 0 Å². The van der Waals surface area contributed by atoms with Crippen LogP contribution >= 0.6 is 11.6 Å². The molecule has 1 atom stereocenters. The first-order valence-electron chi connectivity index (χ1n) is 11.1. The fraction of sp³-hybridized carbons (Fsp3) is 0.400. The van der Waals surface area contributed by atoms with Crippen molar-refractivity contribution >= 4 is 29.3 Å². The molecule has 0 spiro atoms. The van der Waals surface area contributed by atoms with Crippen LogP contribution in [0, 0.1) is 17.7 Å². The minimum Gasteiger partial charge on any atom is -0.354 e. The fourth-order valence-corrected chi connectivity index (χ4v) is 4.11. The molecule has 1 fully saturated rings. The summed E-state index contributed by atoms with van der Waals surface area (Å²) in [4.78, 5) is 40.3. The number of carbonyl (C=O) groups is 3. The van der Waals surface area contributed by atoms with Crippen LogP contribution in [-0.2, 0) is 4.79 Å². The van der Waals surface area contributed by atoms with E-state index in [2.05, 4.69) is 10.6 Å². The summed E-state index contributed by atoms with van der Waals surface area (Å²) in [5, 5.41) is 6.10. The van der Waals surface area contributed by atoms with E-state index in [-0.39, 0.29) is 23.7 Å². The molecule has 3 rings (SSSR count). The Morgan fingerprint density at radius 2 is 1.70 bits per heavy atom. The van der Waals surface area contributed by atoms with Gasteiger partial charge >= 0.3 is 0 Å². The first-order chi connectivity index (χ1) is 15.8. The van der Waals surface area contributed by atoms with Crippen LogP contribution in [0.5, 0.6) is 0 Å². The topological polar surface area (TPSA) is 78.5 Å². The van der Waals surface area contributed by atoms with E-state index in [4.69, 9.17) is 11.6 Å². The summed E-state index contributed by atoms with van der Waals surface area (Å²) in [6.07, 6.45) is 1.10. The third kappa shape index (κ3) is 6.54. The second kappa shape index (κ2) is 11.3. The van der Waals surface area contributed by atoms with Crippen molar-refractivity contribution in [3.05, 3.63) is 70.5 Å². The number of nitrogens with zero attached hydrogens (tertiary/aromatic N) is 1. The van der Waals surface area contributed by atoms with Gasteiger partial charge in [0.15, 0.2) is 0 Å². The number of likely N-dealkylation sites (tertiary alicyclic amines) is 1. The van der Waals surface area contributed by atoms with Gasteiger partial charge in [-0.1, -0.05) is 37.6 Å². The Labute approximate surface area is 198 Å². The predicted molar refractivity (Wildman–Crippen MR) is 126 cm³/mol. The Morgan fingerprint density at radius 1 is 1.06 bits per heavy atom.